The number of hydrogen-bond acceptors (Lipinski definition) is 5. The number of carbonyl (C=O) groups excluding carboxylic acids is 1. The van der Waals surface area contributed by atoms with E-state index in [1.807, 2.05) is 30.3 Å². The predicted octanol–water partition coefficient (Wildman–Crippen LogP) is 2.29. The number of hydrogen-bond donors (Lipinski definition) is 2. The largest absolute Gasteiger partial charge is 0.461 e. The van der Waals surface area contributed by atoms with E-state index < -0.39 is 0 Å². The monoisotopic (exact) mass is 308 g/mol. The van der Waals surface area contributed by atoms with Crippen LogP contribution >= 0.6 is 0 Å². The molecule has 0 spiro atoms. The number of nitrogens with zero attached hydrogens (tertiary/aromatic N) is 2. The van der Waals surface area contributed by atoms with Gasteiger partial charge in [-0.15, -0.1) is 0 Å². The highest BCUT2D eigenvalue weighted by Crippen LogP contribution is 2.17. The van der Waals surface area contributed by atoms with E-state index in [1.165, 1.54) is 12.5 Å². The second kappa shape index (κ2) is 6.74. The summed E-state index contributed by atoms with van der Waals surface area (Å²) in [6, 6.07) is 13.4. The van der Waals surface area contributed by atoms with Gasteiger partial charge in [0.05, 0.1) is 11.8 Å². The fourth-order valence-corrected chi connectivity index (χ4v) is 2.15. The summed E-state index contributed by atoms with van der Waals surface area (Å²) in [5.41, 5.74) is 7.27. The molecule has 3 rings (SSSR count). The van der Waals surface area contributed by atoms with E-state index in [4.69, 9.17) is 10.2 Å². The van der Waals surface area contributed by atoms with Gasteiger partial charge < -0.3 is 15.5 Å². The van der Waals surface area contributed by atoms with Crippen LogP contribution in [0.25, 0.3) is 11.6 Å². The normalized spacial score (nSPS) is 10.4. The van der Waals surface area contributed by atoms with Gasteiger partial charge in [0.1, 0.15) is 5.82 Å². The van der Waals surface area contributed by atoms with Crippen molar-refractivity contribution in [1.29, 1.82) is 0 Å². The van der Waals surface area contributed by atoms with Crippen molar-refractivity contribution in [2.75, 3.05) is 12.3 Å². The van der Waals surface area contributed by atoms with Crippen molar-refractivity contribution in [3.8, 4) is 11.6 Å². The van der Waals surface area contributed by atoms with Crippen LogP contribution in [0, 0.1) is 0 Å². The Balaban J connectivity index is 1.63. The van der Waals surface area contributed by atoms with Crippen LogP contribution in [0.5, 0.6) is 0 Å². The molecule has 0 saturated carbocycles. The maximum absolute atomic E-state index is 12.2. The lowest BCUT2D eigenvalue weighted by Crippen LogP contribution is -2.27. The van der Waals surface area contributed by atoms with Crippen molar-refractivity contribution in [3.63, 3.8) is 0 Å². The summed E-state index contributed by atoms with van der Waals surface area (Å²) in [5.74, 6) is 0.703. The quantitative estimate of drug-likeness (QED) is 0.754. The summed E-state index contributed by atoms with van der Waals surface area (Å²) >= 11 is 0. The minimum atomic E-state index is -0.288. The first-order chi connectivity index (χ1) is 11.2. The Hall–Kier alpha value is -3.15. The van der Waals surface area contributed by atoms with Gasteiger partial charge in [0.25, 0.3) is 5.91 Å². The molecule has 0 aliphatic carbocycles. The Morgan fingerprint density at radius 1 is 1.17 bits per heavy atom. The minimum Gasteiger partial charge on any atom is -0.461 e. The van der Waals surface area contributed by atoms with E-state index in [1.54, 1.807) is 12.1 Å². The molecule has 6 heteroatoms. The summed E-state index contributed by atoms with van der Waals surface area (Å²) in [5, 5.41) is 2.82. The van der Waals surface area contributed by atoms with Crippen molar-refractivity contribution in [2.24, 2.45) is 0 Å². The van der Waals surface area contributed by atoms with Crippen LogP contribution in [0.2, 0.25) is 0 Å². The molecule has 0 unspecified atom stereocenters. The fourth-order valence-electron chi connectivity index (χ4n) is 2.15. The second-order valence-electron chi connectivity index (χ2n) is 4.96. The van der Waals surface area contributed by atoms with Crippen LogP contribution < -0.4 is 11.1 Å². The van der Waals surface area contributed by atoms with Crippen LogP contribution in [-0.4, -0.2) is 22.4 Å². The molecule has 3 N–H and O–H groups in total. The van der Waals surface area contributed by atoms with Crippen LogP contribution in [0.15, 0.2) is 59.3 Å². The summed E-state index contributed by atoms with van der Waals surface area (Å²) in [6.07, 6.45) is 3.69. The Bertz CT molecular complexity index is 786. The molecule has 1 amide bonds. The zero-order chi connectivity index (χ0) is 16.1. The molecule has 0 radical (unpaired) electrons. The molecule has 0 atom stereocenters. The van der Waals surface area contributed by atoms with Crippen molar-refractivity contribution in [3.05, 3.63) is 66.1 Å². The molecule has 116 valence electrons. The average Bonchev–Trinajstić information content (AvgIpc) is 3.10. The van der Waals surface area contributed by atoms with Gasteiger partial charge in [-0.25, -0.2) is 9.97 Å². The van der Waals surface area contributed by atoms with Gasteiger partial charge in [0.15, 0.2) is 11.6 Å². The predicted molar refractivity (Wildman–Crippen MR) is 86.6 cm³/mol. The zero-order valence-electron chi connectivity index (χ0n) is 12.4. The molecule has 2 heterocycles. The van der Waals surface area contributed by atoms with Crippen LogP contribution in [0.4, 0.5) is 5.82 Å². The number of nitrogens with two attached hydrogens (primary N) is 1. The van der Waals surface area contributed by atoms with Crippen molar-refractivity contribution in [2.45, 2.75) is 6.42 Å². The first kappa shape index (κ1) is 14.8. The third-order valence-corrected chi connectivity index (χ3v) is 3.35. The number of carbonyl (C=O) groups is 1. The highest BCUT2D eigenvalue weighted by Gasteiger charge is 2.14. The first-order valence-electron chi connectivity index (χ1n) is 7.22. The Labute approximate surface area is 133 Å². The molecule has 0 fully saturated rings. The molecule has 1 aromatic carbocycles. The number of furan rings is 1. The number of nitrogens with one attached hydrogen (secondary N) is 1. The van der Waals surface area contributed by atoms with Crippen molar-refractivity contribution >= 4 is 11.7 Å². The van der Waals surface area contributed by atoms with Gasteiger partial charge in [-0.1, -0.05) is 30.3 Å². The SMILES string of the molecule is Nc1nc(-c2ccco2)ncc1C(=O)NCCc1ccccc1. The van der Waals surface area contributed by atoms with Gasteiger partial charge in [-0.05, 0) is 24.1 Å². The third kappa shape index (κ3) is 3.55. The molecule has 23 heavy (non-hydrogen) atoms. The summed E-state index contributed by atoms with van der Waals surface area (Å²) in [6.45, 7) is 0.516. The summed E-state index contributed by atoms with van der Waals surface area (Å²) < 4.78 is 5.21. The molecule has 0 aliphatic heterocycles. The first-order valence-corrected chi connectivity index (χ1v) is 7.22. The number of rotatable bonds is 5. The molecule has 2 aromatic heterocycles. The topological polar surface area (TPSA) is 94.0 Å². The number of aromatic nitrogens is 2. The lowest BCUT2D eigenvalue weighted by molar-refractivity contribution is 0.0954. The molecule has 0 saturated heterocycles. The van der Waals surface area contributed by atoms with Crippen molar-refractivity contribution < 1.29 is 9.21 Å². The molecule has 6 nitrogen and oxygen atoms in total. The molecule has 0 bridgehead atoms. The molecular weight excluding hydrogens is 292 g/mol. The number of amides is 1. The lowest BCUT2D eigenvalue weighted by Gasteiger charge is -2.07. The smallest absolute Gasteiger partial charge is 0.256 e. The average molecular weight is 308 g/mol. The molecular formula is C17H16N4O2. The van der Waals surface area contributed by atoms with E-state index >= 15 is 0 Å². The van der Waals surface area contributed by atoms with Crippen LogP contribution in [0.3, 0.4) is 0 Å². The van der Waals surface area contributed by atoms with E-state index in [-0.39, 0.29) is 17.3 Å². The highest BCUT2D eigenvalue weighted by molar-refractivity contribution is 5.98. The lowest BCUT2D eigenvalue weighted by atomic mass is 10.1. The number of nitrogen functional groups attached to an aromatic ring is 1. The van der Waals surface area contributed by atoms with E-state index in [0.717, 1.165) is 12.0 Å². The maximum Gasteiger partial charge on any atom is 0.256 e. The molecule has 3 aromatic rings. The number of benzene rings is 1. The van der Waals surface area contributed by atoms with Crippen LogP contribution in [0.1, 0.15) is 15.9 Å². The van der Waals surface area contributed by atoms with Gasteiger partial charge in [-0.2, -0.15) is 0 Å². The Kier molecular flexibility index (Phi) is 4.33. The second-order valence-corrected chi connectivity index (χ2v) is 4.96. The van der Waals surface area contributed by atoms with E-state index in [0.29, 0.717) is 18.1 Å². The van der Waals surface area contributed by atoms with Gasteiger partial charge in [-0.3, -0.25) is 4.79 Å². The Morgan fingerprint density at radius 2 is 2.00 bits per heavy atom. The van der Waals surface area contributed by atoms with E-state index in [2.05, 4.69) is 15.3 Å². The fraction of sp³-hybridized carbons (Fsp3) is 0.118. The summed E-state index contributed by atoms with van der Waals surface area (Å²) in [4.78, 5) is 20.4. The van der Waals surface area contributed by atoms with Crippen molar-refractivity contribution in [1.82, 2.24) is 15.3 Å². The van der Waals surface area contributed by atoms with Gasteiger partial charge in [0, 0.05) is 12.7 Å². The standard InChI is InChI=1S/C17H16N4O2/c18-15-13(11-20-16(21-15)14-7-4-10-23-14)17(22)19-9-8-12-5-2-1-3-6-12/h1-7,10-11H,8-9H2,(H,19,22)(H2,18,20,21). The highest BCUT2D eigenvalue weighted by atomic mass is 16.3. The number of anilines is 1. The minimum absolute atomic E-state index is 0.128. The zero-order valence-corrected chi connectivity index (χ0v) is 12.4. The van der Waals surface area contributed by atoms with Gasteiger partial charge in [0.2, 0.25) is 0 Å². The molecule has 0 aliphatic rings. The van der Waals surface area contributed by atoms with E-state index in [9.17, 15) is 4.79 Å². The third-order valence-electron chi connectivity index (χ3n) is 3.35. The Morgan fingerprint density at radius 3 is 2.70 bits per heavy atom. The van der Waals surface area contributed by atoms with Gasteiger partial charge >= 0.3 is 0 Å². The van der Waals surface area contributed by atoms with Crippen LogP contribution in [-0.2, 0) is 6.42 Å². The maximum atomic E-state index is 12.2. The summed E-state index contributed by atoms with van der Waals surface area (Å²) in [7, 11) is 0.